The molecular weight excluding hydrogens is 471 g/mol. The van der Waals surface area contributed by atoms with Gasteiger partial charge in [-0.1, -0.05) is 34.5 Å². The number of rotatable bonds is 4. The van der Waals surface area contributed by atoms with Crippen LogP contribution in [0.4, 0.5) is 10.1 Å². The van der Waals surface area contributed by atoms with E-state index < -0.39 is 21.7 Å². The van der Waals surface area contributed by atoms with Gasteiger partial charge in [-0.3, -0.25) is 4.79 Å². The van der Waals surface area contributed by atoms with Crippen molar-refractivity contribution in [1.29, 1.82) is 0 Å². The second-order valence-electron chi connectivity index (χ2n) is 6.81. The highest BCUT2D eigenvalue weighted by molar-refractivity contribution is 9.10. The van der Waals surface area contributed by atoms with Crippen molar-refractivity contribution >= 4 is 49.1 Å². The molecule has 2 aromatic rings. The highest BCUT2D eigenvalue weighted by Gasteiger charge is 2.29. The Bertz CT molecular complexity index is 1010. The van der Waals surface area contributed by atoms with Gasteiger partial charge in [0.15, 0.2) is 0 Å². The average molecular weight is 490 g/mol. The third-order valence-corrected chi connectivity index (χ3v) is 7.46. The summed E-state index contributed by atoms with van der Waals surface area (Å²) in [6.45, 7) is 2.98. The van der Waals surface area contributed by atoms with Gasteiger partial charge in [0.2, 0.25) is 10.0 Å². The normalized spacial score (nSPS) is 16.1. The van der Waals surface area contributed by atoms with Crippen LogP contribution in [0.3, 0.4) is 0 Å². The van der Waals surface area contributed by atoms with Crippen LogP contribution in [0.1, 0.15) is 30.1 Å². The Morgan fingerprint density at radius 3 is 2.54 bits per heavy atom. The molecular formula is C19H19BrClFN2O3S. The fourth-order valence-electron chi connectivity index (χ4n) is 2.99. The van der Waals surface area contributed by atoms with Gasteiger partial charge < -0.3 is 5.32 Å². The van der Waals surface area contributed by atoms with E-state index in [1.807, 2.05) is 0 Å². The van der Waals surface area contributed by atoms with Gasteiger partial charge in [0.05, 0.1) is 21.2 Å². The molecule has 9 heteroatoms. The number of anilines is 1. The molecule has 1 amide bonds. The standard InChI is InChI=1S/C19H19BrClFN2O3S/c1-12-6-8-24(9-7-12)28(26,27)14-3-4-16(21)15(11-14)19(25)23-18-5-2-13(20)10-17(18)22/h2-5,10-12H,6-9H2,1H3,(H,23,25). The molecule has 0 radical (unpaired) electrons. The first-order chi connectivity index (χ1) is 13.2. The molecule has 1 heterocycles. The molecule has 1 fully saturated rings. The monoisotopic (exact) mass is 488 g/mol. The van der Waals surface area contributed by atoms with Crippen LogP contribution >= 0.6 is 27.5 Å². The van der Waals surface area contributed by atoms with Crippen molar-refractivity contribution in [3.63, 3.8) is 0 Å². The lowest BCUT2D eigenvalue weighted by molar-refractivity contribution is 0.102. The molecule has 28 heavy (non-hydrogen) atoms. The first-order valence-corrected chi connectivity index (χ1v) is 11.4. The number of halogens is 3. The molecule has 1 aliphatic rings. The number of nitrogens with one attached hydrogen (secondary N) is 1. The number of nitrogens with zero attached hydrogens (tertiary/aromatic N) is 1. The van der Waals surface area contributed by atoms with E-state index in [0.29, 0.717) is 23.5 Å². The van der Waals surface area contributed by atoms with E-state index in [-0.39, 0.29) is 21.2 Å². The summed E-state index contributed by atoms with van der Waals surface area (Å²) in [5.74, 6) is -0.820. The van der Waals surface area contributed by atoms with Crippen LogP contribution in [-0.4, -0.2) is 31.7 Å². The lowest BCUT2D eigenvalue weighted by atomic mass is 10.0. The smallest absolute Gasteiger partial charge is 0.257 e. The summed E-state index contributed by atoms with van der Waals surface area (Å²) >= 11 is 9.25. The van der Waals surface area contributed by atoms with Gasteiger partial charge in [-0.2, -0.15) is 4.31 Å². The van der Waals surface area contributed by atoms with Crippen molar-refractivity contribution in [3.05, 3.63) is 57.3 Å². The zero-order valence-electron chi connectivity index (χ0n) is 15.1. The average Bonchev–Trinajstić information content (AvgIpc) is 2.64. The maximum Gasteiger partial charge on any atom is 0.257 e. The number of piperidine rings is 1. The van der Waals surface area contributed by atoms with Crippen LogP contribution in [-0.2, 0) is 10.0 Å². The lowest BCUT2D eigenvalue weighted by Crippen LogP contribution is -2.37. The van der Waals surface area contributed by atoms with Crippen LogP contribution < -0.4 is 5.32 Å². The van der Waals surface area contributed by atoms with Gasteiger partial charge in [-0.05, 0) is 55.2 Å². The molecule has 150 valence electrons. The quantitative estimate of drug-likeness (QED) is 0.663. The molecule has 0 spiro atoms. The highest BCUT2D eigenvalue weighted by Crippen LogP contribution is 2.27. The number of carbonyl (C=O) groups excluding carboxylic acids is 1. The Morgan fingerprint density at radius 1 is 1.21 bits per heavy atom. The fraction of sp³-hybridized carbons (Fsp3) is 0.316. The zero-order valence-corrected chi connectivity index (χ0v) is 18.2. The summed E-state index contributed by atoms with van der Waals surface area (Å²) in [6, 6.07) is 8.19. The van der Waals surface area contributed by atoms with E-state index in [1.54, 1.807) is 6.07 Å². The molecule has 3 rings (SSSR count). The predicted molar refractivity (Wildman–Crippen MR) is 111 cm³/mol. The SMILES string of the molecule is CC1CCN(S(=O)(=O)c2ccc(Cl)c(C(=O)Nc3ccc(Br)cc3F)c2)CC1. The number of amides is 1. The Labute approximate surface area is 177 Å². The van der Waals surface area contributed by atoms with Crippen LogP contribution in [0, 0.1) is 11.7 Å². The molecule has 0 atom stereocenters. The van der Waals surface area contributed by atoms with Crippen LogP contribution in [0.15, 0.2) is 45.8 Å². The Hall–Kier alpha value is -1.48. The first-order valence-electron chi connectivity index (χ1n) is 8.74. The molecule has 5 nitrogen and oxygen atoms in total. The molecule has 0 aromatic heterocycles. The van der Waals surface area contributed by atoms with Crippen molar-refractivity contribution in [2.45, 2.75) is 24.7 Å². The van der Waals surface area contributed by atoms with Crippen LogP contribution in [0.2, 0.25) is 5.02 Å². The van der Waals surface area contributed by atoms with Gasteiger partial charge in [-0.25, -0.2) is 12.8 Å². The summed E-state index contributed by atoms with van der Waals surface area (Å²) in [5, 5.41) is 2.52. The Kier molecular flexibility index (Phi) is 6.44. The minimum atomic E-state index is -3.73. The van der Waals surface area contributed by atoms with E-state index in [0.717, 1.165) is 12.8 Å². The maximum atomic E-state index is 14.0. The molecule has 1 N–H and O–H groups in total. The Balaban J connectivity index is 1.87. The van der Waals surface area contributed by atoms with E-state index >= 15 is 0 Å². The molecule has 1 aliphatic heterocycles. The molecule has 0 aliphatic carbocycles. The number of hydrogen-bond acceptors (Lipinski definition) is 3. The van der Waals surface area contributed by atoms with Gasteiger partial charge in [-0.15, -0.1) is 0 Å². The van der Waals surface area contributed by atoms with Gasteiger partial charge in [0, 0.05) is 17.6 Å². The summed E-state index contributed by atoms with van der Waals surface area (Å²) in [5.41, 5.74) is -0.0574. The van der Waals surface area contributed by atoms with E-state index in [9.17, 15) is 17.6 Å². The van der Waals surface area contributed by atoms with Crippen molar-refractivity contribution < 1.29 is 17.6 Å². The van der Waals surface area contributed by atoms with Crippen molar-refractivity contribution in [3.8, 4) is 0 Å². The minimum absolute atomic E-state index is 0.00659. The number of sulfonamides is 1. The number of hydrogen-bond donors (Lipinski definition) is 1. The lowest BCUT2D eigenvalue weighted by Gasteiger charge is -2.29. The molecule has 0 unspecified atom stereocenters. The summed E-state index contributed by atoms with van der Waals surface area (Å²) in [6.07, 6.45) is 1.59. The van der Waals surface area contributed by atoms with Gasteiger partial charge in [0.25, 0.3) is 5.91 Å². The largest absolute Gasteiger partial charge is 0.319 e. The van der Waals surface area contributed by atoms with Crippen LogP contribution in [0.5, 0.6) is 0 Å². The van der Waals surface area contributed by atoms with E-state index in [4.69, 9.17) is 11.6 Å². The van der Waals surface area contributed by atoms with Crippen molar-refractivity contribution in [1.82, 2.24) is 4.31 Å². The van der Waals surface area contributed by atoms with Gasteiger partial charge >= 0.3 is 0 Å². The van der Waals surface area contributed by atoms with Crippen molar-refractivity contribution in [2.24, 2.45) is 5.92 Å². The third kappa shape index (κ3) is 4.56. The Morgan fingerprint density at radius 2 is 1.89 bits per heavy atom. The maximum absolute atomic E-state index is 14.0. The van der Waals surface area contributed by atoms with Gasteiger partial charge in [0.1, 0.15) is 5.82 Å². The predicted octanol–water partition coefficient (Wildman–Crippen LogP) is 4.91. The summed E-state index contributed by atoms with van der Waals surface area (Å²) in [4.78, 5) is 12.6. The second kappa shape index (κ2) is 8.49. The second-order valence-corrected chi connectivity index (χ2v) is 10.1. The number of carbonyl (C=O) groups is 1. The topological polar surface area (TPSA) is 66.5 Å². The first kappa shape index (κ1) is 21.2. The molecule has 1 saturated heterocycles. The minimum Gasteiger partial charge on any atom is -0.319 e. The molecule has 0 saturated carbocycles. The zero-order chi connectivity index (χ0) is 20.5. The molecule has 0 bridgehead atoms. The highest BCUT2D eigenvalue weighted by atomic mass is 79.9. The fourth-order valence-corrected chi connectivity index (χ4v) is 5.03. The number of benzene rings is 2. The third-order valence-electron chi connectivity index (χ3n) is 4.74. The van der Waals surface area contributed by atoms with Crippen LogP contribution in [0.25, 0.3) is 0 Å². The summed E-state index contributed by atoms with van der Waals surface area (Å²) in [7, 11) is -3.73. The summed E-state index contributed by atoms with van der Waals surface area (Å²) < 4.78 is 41.8. The molecule has 2 aromatic carbocycles. The van der Waals surface area contributed by atoms with E-state index in [1.165, 1.54) is 34.6 Å². The van der Waals surface area contributed by atoms with E-state index in [2.05, 4.69) is 28.2 Å². The van der Waals surface area contributed by atoms with Crippen molar-refractivity contribution in [2.75, 3.05) is 18.4 Å².